The molecule has 0 radical (unpaired) electrons. The molecule has 1 saturated carbocycles. The summed E-state index contributed by atoms with van der Waals surface area (Å²) >= 11 is 0. The molecular weight excluding hydrogens is 212 g/mol. The van der Waals surface area contributed by atoms with Crippen molar-refractivity contribution in [3.63, 3.8) is 0 Å². The Morgan fingerprint density at radius 1 is 1.18 bits per heavy atom. The molecule has 1 unspecified atom stereocenters. The van der Waals surface area contributed by atoms with Gasteiger partial charge in [0.15, 0.2) is 0 Å². The molecule has 1 aliphatic rings. The molecule has 1 aliphatic carbocycles. The molecule has 1 aromatic rings. The van der Waals surface area contributed by atoms with Crippen molar-refractivity contribution in [1.82, 2.24) is 0 Å². The standard InChI is InChI=1S/C15H18O2/c1-15(2)10-12(16)9-14(17)13(15)8-11-6-4-3-5-7-11/h3-7,13H,8-10H2,1-2H3. The zero-order valence-electron chi connectivity index (χ0n) is 10.4. The summed E-state index contributed by atoms with van der Waals surface area (Å²) in [4.78, 5) is 23.5. The van der Waals surface area contributed by atoms with Gasteiger partial charge < -0.3 is 0 Å². The lowest BCUT2D eigenvalue weighted by molar-refractivity contribution is -0.138. The molecule has 2 nitrogen and oxygen atoms in total. The summed E-state index contributed by atoms with van der Waals surface area (Å²) in [7, 11) is 0. The van der Waals surface area contributed by atoms with E-state index in [0.717, 1.165) is 6.42 Å². The highest BCUT2D eigenvalue weighted by Gasteiger charge is 2.41. The molecule has 1 atom stereocenters. The topological polar surface area (TPSA) is 34.1 Å². The van der Waals surface area contributed by atoms with Crippen LogP contribution in [0.2, 0.25) is 0 Å². The fraction of sp³-hybridized carbons (Fsp3) is 0.467. The van der Waals surface area contributed by atoms with E-state index >= 15 is 0 Å². The molecular formula is C15H18O2. The number of carbonyl (C=O) groups is 2. The third-order valence-corrected chi connectivity index (χ3v) is 3.64. The molecule has 90 valence electrons. The molecule has 0 N–H and O–H groups in total. The van der Waals surface area contributed by atoms with Crippen molar-refractivity contribution >= 4 is 11.6 Å². The molecule has 0 saturated heterocycles. The Morgan fingerprint density at radius 3 is 2.41 bits per heavy atom. The van der Waals surface area contributed by atoms with Gasteiger partial charge in [0.05, 0.1) is 6.42 Å². The van der Waals surface area contributed by atoms with Crippen LogP contribution in [0.3, 0.4) is 0 Å². The number of hydrogen-bond donors (Lipinski definition) is 0. The van der Waals surface area contributed by atoms with Crippen molar-refractivity contribution in [3.05, 3.63) is 35.9 Å². The van der Waals surface area contributed by atoms with E-state index in [9.17, 15) is 9.59 Å². The summed E-state index contributed by atoms with van der Waals surface area (Å²) in [6.45, 7) is 4.05. The van der Waals surface area contributed by atoms with Gasteiger partial charge in [0.1, 0.15) is 11.6 Å². The number of benzene rings is 1. The maximum absolute atomic E-state index is 12.0. The molecule has 2 heteroatoms. The third-order valence-electron chi connectivity index (χ3n) is 3.64. The second-order valence-electron chi connectivity index (χ2n) is 5.59. The van der Waals surface area contributed by atoms with E-state index in [-0.39, 0.29) is 29.3 Å². The summed E-state index contributed by atoms with van der Waals surface area (Å²) in [5.74, 6) is 0.169. The van der Waals surface area contributed by atoms with Gasteiger partial charge in [-0.15, -0.1) is 0 Å². The number of Topliss-reactive ketones (excluding diaryl/α,β-unsaturated/α-hetero) is 2. The fourth-order valence-electron chi connectivity index (χ4n) is 2.69. The second kappa shape index (κ2) is 4.44. The third kappa shape index (κ3) is 2.63. The second-order valence-corrected chi connectivity index (χ2v) is 5.59. The molecule has 0 heterocycles. The van der Waals surface area contributed by atoms with Crippen LogP contribution in [0.5, 0.6) is 0 Å². The van der Waals surface area contributed by atoms with Crippen molar-refractivity contribution in [1.29, 1.82) is 0 Å². The van der Waals surface area contributed by atoms with Gasteiger partial charge in [0.25, 0.3) is 0 Å². The average molecular weight is 230 g/mol. The first-order chi connectivity index (χ1) is 7.99. The minimum absolute atomic E-state index is 0.0254. The quantitative estimate of drug-likeness (QED) is 0.732. The van der Waals surface area contributed by atoms with Crippen LogP contribution < -0.4 is 0 Å². The predicted octanol–water partition coefficient (Wildman–Crippen LogP) is 2.80. The van der Waals surface area contributed by atoms with Crippen LogP contribution >= 0.6 is 0 Å². The van der Waals surface area contributed by atoms with Crippen LogP contribution in [0.25, 0.3) is 0 Å². The minimum atomic E-state index is -0.206. The summed E-state index contributed by atoms with van der Waals surface area (Å²) in [5.41, 5.74) is 0.968. The van der Waals surface area contributed by atoms with Crippen LogP contribution in [0.15, 0.2) is 30.3 Å². The summed E-state index contributed by atoms with van der Waals surface area (Å²) in [5, 5.41) is 0. The molecule has 0 amide bonds. The zero-order valence-corrected chi connectivity index (χ0v) is 10.4. The lowest BCUT2D eigenvalue weighted by Crippen LogP contribution is -2.40. The summed E-state index contributed by atoms with van der Waals surface area (Å²) in [6.07, 6.45) is 1.40. The van der Waals surface area contributed by atoms with Gasteiger partial charge in [-0.3, -0.25) is 9.59 Å². The monoisotopic (exact) mass is 230 g/mol. The maximum Gasteiger partial charge on any atom is 0.144 e. The van der Waals surface area contributed by atoms with Crippen LogP contribution in [0.4, 0.5) is 0 Å². The number of carbonyl (C=O) groups excluding carboxylic acids is 2. The Morgan fingerprint density at radius 2 is 1.82 bits per heavy atom. The lowest BCUT2D eigenvalue weighted by atomic mass is 9.66. The van der Waals surface area contributed by atoms with E-state index < -0.39 is 0 Å². The van der Waals surface area contributed by atoms with Crippen molar-refractivity contribution in [2.45, 2.75) is 33.1 Å². The highest BCUT2D eigenvalue weighted by atomic mass is 16.1. The Labute approximate surface area is 102 Å². The highest BCUT2D eigenvalue weighted by molar-refractivity contribution is 6.03. The number of hydrogen-bond acceptors (Lipinski definition) is 2. The minimum Gasteiger partial charge on any atom is -0.299 e. The first kappa shape index (κ1) is 12.0. The average Bonchev–Trinajstić information content (AvgIpc) is 2.24. The van der Waals surface area contributed by atoms with Gasteiger partial charge in [-0.2, -0.15) is 0 Å². The molecule has 17 heavy (non-hydrogen) atoms. The van der Waals surface area contributed by atoms with Crippen molar-refractivity contribution in [3.8, 4) is 0 Å². The van der Waals surface area contributed by atoms with Gasteiger partial charge in [-0.05, 0) is 17.4 Å². The van der Waals surface area contributed by atoms with Crippen molar-refractivity contribution in [2.24, 2.45) is 11.3 Å². The molecule has 0 spiro atoms. The lowest BCUT2D eigenvalue weighted by Gasteiger charge is -2.36. The Balaban J connectivity index is 2.19. The first-order valence-corrected chi connectivity index (χ1v) is 6.07. The molecule has 1 fully saturated rings. The molecule has 1 aromatic carbocycles. The summed E-state index contributed by atoms with van der Waals surface area (Å²) in [6, 6.07) is 10.0. The molecule has 0 bridgehead atoms. The number of ketones is 2. The largest absolute Gasteiger partial charge is 0.299 e. The molecule has 0 aliphatic heterocycles. The highest BCUT2D eigenvalue weighted by Crippen LogP contribution is 2.38. The van der Waals surface area contributed by atoms with Crippen LogP contribution in [-0.4, -0.2) is 11.6 Å². The van der Waals surface area contributed by atoms with Gasteiger partial charge >= 0.3 is 0 Å². The van der Waals surface area contributed by atoms with E-state index in [1.165, 1.54) is 5.56 Å². The van der Waals surface area contributed by atoms with E-state index in [2.05, 4.69) is 0 Å². The van der Waals surface area contributed by atoms with Crippen LogP contribution in [-0.2, 0) is 16.0 Å². The fourth-order valence-corrected chi connectivity index (χ4v) is 2.69. The summed E-state index contributed by atoms with van der Waals surface area (Å²) < 4.78 is 0. The molecule has 0 aromatic heterocycles. The zero-order chi connectivity index (χ0) is 12.5. The first-order valence-electron chi connectivity index (χ1n) is 6.07. The smallest absolute Gasteiger partial charge is 0.144 e. The predicted molar refractivity (Wildman–Crippen MR) is 66.7 cm³/mol. The number of rotatable bonds is 2. The van der Waals surface area contributed by atoms with E-state index in [1.807, 2.05) is 44.2 Å². The van der Waals surface area contributed by atoms with Gasteiger partial charge in [0.2, 0.25) is 0 Å². The van der Waals surface area contributed by atoms with Crippen LogP contribution in [0, 0.1) is 11.3 Å². The van der Waals surface area contributed by atoms with Crippen LogP contribution in [0.1, 0.15) is 32.3 Å². The SMILES string of the molecule is CC1(C)CC(=O)CC(=O)C1Cc1ccccc1. The Bertz CT molecular complexity index is 431. The van der Waals surface area contributed by atoms with E-state index in [4.69, 9.17) is 0 Å². The maximum atomic E-state index is 12.0. The normalized spacial score (nSPS) is 23.8. The van der Waals surface area contributed by atoms with Gasteiger partial charge in [-0.1, -0.05) is 44.2 Å². The van der Waals surface area contributed by atoms with E-state index in [1.54, 1.807) is 0 Å². The molecule has 2 rings (SSSR count). The Hall–Kier alpha value is -1.44. The van der Waals surface area contributed by atoms with Gasteiger partial charge in [-0.25, -0.2) is 0 Å². The van der Waals surface area contributed by atoms with Gasteiger partial charge in [0, 0.05) is 12.3 Å². The van der Waals surface area contributed by atoms with Crippen molar-refractivity contribution in [2.75, 3.05) is 0 Å². The van der Waals surface area contributed by atoms with E-state index in [0.29, 0.717) is 6.42 Å². The van der Waals surface area contributed by atoms with Crippen molar-refractivity contribution < 1.29 is 9.59 Å². The Kier molecular flexibility index (Phi) is 3.14.